The number of aromatic nitrogens is 1. The maximum absolute atomic E-state index is 12.6. The van der Waals surface area contributed by atoms with Crippen LogP contribution in [0.3, 0.4) is 0 Å². The molecule has 3 aromatic rings. The molecule has 0 bridgehead atoms. The van der Waals surface area contributed by atoms with Crippen LogP contribution in [0.1, 0.15) is 38.9 Å². The molecule has 1 aromatic carbocycles. The van der Waals surface area contributed by atoms with Gasteiger partial charge in [0.15, 0.2) is 23.3 Å². The second-order valence-corrected chi connectivity index (χ2v) is 8.72. The van der Waals surface area contributed by atoms with Gasteiger partial charge in [0.1, 0.15) is 5.01 Å². The molecule has 3 rings (SSSR count). The second kappa shape index (κ2) is 10.4. The van der Waals surface area contributed by atoms with Gasteiger partial charge in [-0.25, -0.2) is 9.78 Å². The van der Waals surface area contributed by atoms with E-state index in [1.165, 1.54) is 36.5 Å². The number of esters is 1. The predicted octanol–water partition coefficient (Wildman–Crippen LogP) is 3.95. The Labute approximate surface area is 193 Å². The van der Waals surface area contributed by atoms with E-state index in [1.807, 2.05) is 6.07 Å². The van der Waals surface area contributed by atoms with Gasteiger partial charge in [0.2, 0.25) is 11.7 Å². The summed E-state index contributed by atoms with van der Waals surface area (Å²) in [5, 5.41) is 4.87. The second-order valence-electron chi connectivity index (χ2n) is 6.70. The molecule has 10 heteroatoms. The molecular weight excluding hydrogens is 452 g/mol. The molecule has 1 atom stereocenters. The SMILES string of the molecule is COc1ccc(-c2nc(C(=O)OC(C)C(=O)c3ccc(CNC(C)=O)s3)cs2)cc1OC. The Morgan fingerprint density at radius 1 is 1.09 bits per heavy atom. The lowest BCUT2D eigenvalue weighted by atomic mass is 10.2. The Kier molecular flexibility index (Phi) is 7.60. The topological polar surface area (TPSA) is 104 Å². The van der Waals surface area contributed by atoms with E-state index in [0.29, 0.717) is 27.9 Å². The highest BCUT2D eigenvalue weighted by atomic mass is 32.1. The van der Waals surface area contributed by atoms with Crippen LogP contribution in [0.5, 0.6) is 11.5 Å². The molecule has 0 spiro atoms. The zero-order valence-electron chi connectivity index (χ0n) is 18.0. The third-order valence-corrected chi connectivity index (χ3v) is 6.40. The van der Waals surface area contributed by atoms with E-state index in [-0.39, 0.29) is 17.4 Å². The van der Waals surface area contributed by atoms with Crippen molar-refractivity contribution in [2.24, 2.45) is 0 Å². The Hall–Kier alpha value is -3.24. The molecule has 8 nitrogen and oxygen atoms in total. The van der Waals surface area contributed by atoms with Crippen molar-refractivity contribution in [3.63, 3.8) is 0 Å². The molecule has 0 aliphatic heterocycles. The number of thiophene rings is 1. The molecule has 32 heavy (non-hydrogen) atoms. The quantitative estimate of drug-likeness (QED) is 0.370. The number of methoxy groups -OCH3 is 2. The van der Waals surface area contributed by atoms with E-state index >= 15 is 0 Å². The summed E-state index contributed by atoms with van der Waals surface area (Å²) < 4.78 is 15.9. The number of carbonyl (C=O) groups excluding carboxylic acids is 3. The van der Waals surface area contributed by atoms with Crippen molar-refractivity contribution in [1.82, 2.24) is 10.3 Å². The number of benzene rings is 1. The molecule has 0 radical (unpaired) electrons. The number of Topliss-reactive ketones (excluding diaryl/α,β-unsaturated/α-hetero) is 1. The molecule has 0 fully saturated rings. The molecule has 0 saturated heterocycles. The van der Waals surface area contributed by atoms with E-state index in [4.69, 9.17) is 14.2 Å². The Morgan fingerprint density at radius 2 is 1.84 bits per heavy atom. The van der Waals surface area contributed by atoms with E-state index < -0.39 is 12.1 Å². The summed E-state index contributed by atoms with van der Waals surface area (Å²) in [6.45, 7) is 3.30. The number of ether oxygens (including phenoxy) is 3. The summed E-state index contributed by atoms with van der Waals surface area (Å²) in [4.78, 5) is 41.8. The molecule has 2 aromatic heterocycles. The van der Waals surface area contributed by atoms with Gasteiger partial charge in [-0.3, -0.25) is 9.59 Å². The van der Waals surface area contributed by atoms with E-state index in [2.05, 4.69) is 10.3 Å². The molecule has 2 heterocycles. The molecule has 1 unspecified atom stereocenters. The van der Waals surface area contributed by atoms with Crippen molar-refractivity contribution in [2.75, 3.05) is 14.2 Å². The lowest BCUT2D eigenvalue weighted by Gasteiger charge is -2.10. The van der Waals surface area contributed by atoms with Gasteiger partial charge in [0, 0.05) is 22.7 Å². The lowest BCUT2D eigenvalue weighted by molar-refractivity contribution is -0.119. The number of amides is 1. The van der Waals surface area contributed by atoms with E-state index in [1.54, 1.807) is 43.9 Å². The highest BCUT2D eigenvalue weighted by molar-refractivity contribution is 7.14. The number of ketones is 1. The van der Waals surface area contributed by atoms with Gasteiger partial charge in [0.05, 0.1) is 25.6 Å². The van der Waals surface area contributed by atoms with Crippen LogP contribution in [0.25, 0.3) is 10.6 Å². The van der Waals surface area contributed by atoms with Crippen molar-refractivity contribution in [3.8, 4) is 22.1 Å². The van der Waals surface area contributed by atoms with Gasteiger partial charge < -0.3 is 19.5 Å². The van der Waals surface area contributed by atoms with Crippen molar-refractivity contribution >= 4 is 40.3 Å². The molecule has 168 valence electrons. The Bertz CT molecular complexity index is 1140. The van der Waals surface area contributed by atoms with E-state index in [9.17, 15) is 14.4 Å². The van der Waals surface area contributed by atoms with Crippen molar-refractivity contribution < 1.29 is 28.6 Å². The normalized spacial score (nSPS) is 11.5. The molecule has 0 saturated carbocycles. The fraction of sp³-hybridized carbons (Fsp3) is 0.273. The average Bonchev–Trinajstić information content (AvgIpc) is 3.46. The van der Waals surface area contributed by atoms with Gasteiger partial charge in [0.25, 0.3) is 0 Å². The van der Waals surface area contributed by atoms with Crippen LogP contribution in [0.2, 0.25) is 0 Å². The number of thiazole rings is 1. The minimum absolute atomic E-state index is 0.122. The highest BCUT2D eigenvalue weighted by Crippen LogP contribution is 2.33. The Morgan fingerprint density at radius 3 is 2.53 bits per heavy atom. The number of nitrogens with one attached hydrogen (secondary N) is 1. The molecular formula is C22H22N2O6S2. The number of nitrogens with zero attached hydrogens (tertiary/aromatic N) is 1. The van der Waals surface area contributed by atoms with Gasteiger partial charge in [-0.15, -0.1) is 22.7 Å². The van der Waals surface area contributed by atoms with Crippen LogP contribution in [0.15, 0.2) is 35.7 Å². The van der Waals surface area contributed by atoms with Crippen LogP contribution in [0, 0.1) is 0 Å². The molecule has 1 amide bonds. The van der Waals surface area contributed by atoms with Crippen LogP contribution in [0.4, 0.5) is 0 Å². The summed E-state index contributed by atoms with van der Waals surface area (Å²) in [6, 6.07) is 8.77. The maximum atomic E-state index is 12.6. The fourth-order valence-corrected chi connectivity index (χ4v) is 4.51. The zero-order valence-corrected chi connectivity index (χ0v) is 19.6. The smallest absolute Gasteiger partial charge is 0.358 e. The average molecular weight is 475 g/mol. The zero-order chi connectivity index (χ0) is 23.3. The minimum atomic E-state index is -0.971. The number of carbonyl (C=O) groups is 3. The first-order valence-corrected chi connectivity index (χ1v) is 11.3. The fourth-order valence-electron chi connectivity index (χ4n) is 2.76. The first-order chi connectivity index (χ1) is 15.3. The lowest BCUT2D eigenvalue weighted by Crippen LogP contribution is -2.24. The van der Waals surface area contributed by atoms with Gasteiger partial charge >= 0.3 is 5.97 Å². The van der Waals surface area contributed by atoms with Crippen molar-refractivity contribution in [3.05, 3.63) is 51.2 Å². The van der Waals surface area contributed by atoms with Crippen LogP contribution in [-0.2, 0) is 16.1 Å². The molecule has 0 aliphatic carbocycles. The maximum Gasteiger partial charge on any atom is 0.358 e. The summed E-state index contributed by atoms with van der Waals surface area (Å²) in [6.07, 6.45) is -0.971. The predicted molar refractivity (Wildman–Crippen MR) is 122 cm³/mol. The minimum Gasteiger partial charge on any atom is -0.493 e. The molecule has 1 N–H and O–H groups in total. The summed E-state index contributed by atoms with van der Waals surface area (Å²) in [5.74, 6) is 0.00635. The third-order valence-electron chi connectivity index (χ3n) is 4.41. The van der Waals surface area contributed by atoms with Gasteiger partial charge in [-0.1, -0.05) is 0 Å². The standard InChI is InChI=1S/C22H22N2O6S2/c1-12(20(26)19-8-6-15(32-19)10-23-13(2)25)30-22(27)16-11-31-21(24-16)14-5-7-17(28-3)18(9-14)29-4/h5-9,11-12H,10H2,1-4H3,(H,23,25). The number of hydrogen-bond acceptors (Lipinski definition) is 9. The van der Waals surface area contributed by atoms with Gasteiger partial charge in [-0.05, 0) is 37.3 Å². The van der Waals surface area contributed by atoms with E-state index in [0.717, 1.165) is 10.4 Å². The summed E-state index contributed by atoms with van der Waals surface area (Å²) in [5.41, 5.74) is 0.887. The van der Waals surface area contributed by atoms with Crippen LogP contribution in [-0.4, -0.2) is 43.0 Å². The third kappa shape index (κ3) is 5.51. The number of rotatable bonds is 9. The largest absolute Gasteiger partial charge is 0.493 e. The first kappa shape index (κ1) is 23.4. The summed E-state index contributed by atoms with van der Waals surface area (Å²) in [7, 11) is 3.10. The van der Waals surface area contributed by atoms with Gasteiger partial charge in [-0.2, -0.15) is 0 Å². The van der Waals surface area contributed by atoms with Crippen molar-refractivity contribution in [2.45, 2.75) is 26.5 Å². The Balaban J connectivity index is 1.65. The molecule has 0 aliphatic rings. The first-order valence-electron chi connectivity index (χ1n) is 9.58. The van der Waals surface area contributed by atoms with Crippen molar-refractivity contribution in [1.29, 1.82) is 0 Å². The monoisotopic (exact) mass is 474 g/mol. The highest BCUT2D eigenvalue weighted by Gasteiger charge is 2.23. The van der Waals surface area contributed by atoms with Crippen LogP contribution >= 0.6 is 22.7 Å². The van der Waals surface area contributed by atoms with Crippen LogP contribution < -0.4 is 14.8 Å². The summed E-state index contributed by atoms with van der Waals surface area (Å²) >= 11 is 2.53. The number of hydrogen-bond donors (Lipinski definition) is 1.